The molecule has 0 aliphatic carbocycles. The fraction of sp³-hybridized carbons (Fsp3) is 0.0833. The predicted molar refractivity (Wildman–Crippen MR) is 126 cm³/mol. The van der Waals surface area contributed by atoms with Crippen molar-refractivity contribution < 1.29 is 13.7 Å². The third-order valence-corrected chi connectivity index (χ3v) is 6.48. The number of para-hydroxylation sites is 1. The van der Waals surface area contributed by atoms with Gasteiger partial charge in [0.1, 0.15) is 28.4 Å². The first-order chi connectivity index (χ1) is 16.0. The molecule has 0 radical (unpaired) electrons. The van der Waals surface area contributed by atoms with Gasteiger partial charge in [0.25, 0.3) is 5.91 Å². The van der Waals surface area contributed by atoms with Crippen molar-refractivity contribution in [1.29, 1.82) is 0 Å². The number of rotatable bonds is 5. The van der Waals surface area contributed by atoms with E-state index in [1.807, 2.05) is 12.1 Å². The highest BCUT2D eigenvalue weighted by Crippen LogP contribution is 2.35. The maximum Gasteiger partial charge on any atom is 0.266 e. The zero-order chi connectivity index (χ0) is 22.9. The standard InChI is InChI=1S/C24H16ClFN4O2S/c1-14-20(21(29-32-14)16-7-2-3-8-17(16)25)23(31)30(13-15-6-5-11-27-12-15)24-28-22-18(26)9-4-10-19(22)33-24/h2-12H,13H2,1H3. The molecular weight excluding hydrogens is 463 g/mol. The molecule has 1 amide bonds. The molecule has 6 nitrogen and oxygen atoms in total. The number of anilines is 1. The summed E-state index contributed by atoms with van der Waals surface area (Å²) in [4.78, 5) is 24.0. The topological polar surface area (TPSA) is 72.1 Å². The first-order valence-corrected chi connectivity index (χ1v) is 11.2. The van der Waals surface area contributed by atoms with Gasteiger partial charge in [-0.1, -0.05) is 58.4 Å². The minimum atomic E-state index is -0.443. The SMILES string of the molecule is Cc1onc(-c2ccccc2Cl)c1C(=O)N(Cc1cccnc1)c1nc2c(F)cccc2s1. The largest absolute Gasteiger partial charge is 0.360 e. The summed E-state index contributed by atoms with van der Waals surface area (Å²) in [5, 5.41) is 4.91. The number of carbonyl (C=O) groups excluding carboxylic acids is 1. The molecule has 164 valence electrons. The number of pyridine rings is 1. The van der Waals surface area contributed by atoms with Crippen molar-refractivity contribution in [3.05, 3.63) is 94.7 Å². The van der Waals surface area contributed by atoms with Crippen LogP contribution in [0.15, 0.2) is 71.5 Å². The number of nitrogens with zero attached hydrogens (tertiary/aromatic N) is 4. The minimum Gasteiger partial charge on any atom is -0.360 e. The van der Waals surface area contributed by atoms with Gasteiger partial charge in [0, 0.05) is 18.0 Å². The van der Waals surface area contributed by atoms with Crippen molar-refractivity contribution in [1.82, 2.24) is 15.1 Å². The normalized spacial score (nSPS) is 11.1. The van der Waals surface area contributed by atoms with E-state index < -0.39 is 5.82 Å². The Morgan fingerprint density at radius 3 is 2.76 bits per heavy atom. The average Bonchev–Trinajstić information content (AvgIpc) is 3.42. The van der Waals surface area contributed by atoms with Gasteiger partial charge < -0.3 is 4.52 Å². The monoisotopic (exact) mass is 478 g/mol. The van der Waals surface area contributed by atoms with Crippen LogP contribution in [0.5, 0.6) is 0 Å². The lowest BCUT2D eigenvalue weighted by Crippen LogP contribution is -2.31. The highest BCUT2D eigenvalue weighted by Gasteiger charge is 2.30. The van der Waals surface area contributed by atoms with E-state index in [1.165, 1.54) is 22.3 Å². The molecule has 0 N–H and O–H groups in total. The zero-order valence-corrected chi connectivity index (χ0v) is 18.9. The maximum atomic E-state index is 14.3. The van der Waals surface area contributed by atoms with Crippen LogP contribution in [0.1, 0.15) is 21.7 Å². The van der Waals surface area contributed by atoms with Gasteiger partial charge in [-0.05, 0) is 36.8 Å². The second-order valence-electron chi connectivity index (χ2n) is 7.28. The fourth-order valence-corrected chi connectivity index (χ4v) is 4.72. The second kappa shape index (κ2) is 8.73. The third-order valence-electron chi connectivity index (χ3n) is 5.10. The van der Waals surface area contributed by atoms with Crippen LogP contribution < -0.4 is 4.90 Å². The van der Waals surface area contributed by atoms with Gasteiger partial charge in [-0.25, -0.2) is 9.37 Å². The number of hydrogen-bond acceptors (Lipinski definition) is 6. The van der Waals surface area contributed by atoms with Crippen LogP contribution in [-0.4, -0.2) is 21.0 Å². The minimum absolute atomic E-state index is 0.181. The molecule has 2 aromatic carbocycles. The molecule has 0 unspecified atom stereocenters. The highest BCUT2D eigenvalue weighted by atomic mass is 35.5. The molecule has 0 saturated heterocycles. The summed E-state index contributed by atoms with van der Waals surface area (Å²) < 4.78 is 20.4. The van der Waals surface area contributed by atoms with E-state index in [0.29, 0.717) is 31.9 Å². The molecule has 0 aliphatic heterocycles. The summed E-state index contributed by atoms with van der Waals surface area (Å²) in [6, 6.07) is 15.5. The Hall–Kier alpha value is -3.62. The van der Waals surface area contributed by atoms with Crippen molar-refractivity contribution in [2.45, 2.75) is 13.5 Å². The van der Waals surface area contributed by atoms with Crippen LogP contribution >= 0.6 is 22.9 Å². The van der Waals surface area contributed by atoms with Crippen molar-refractivity contribution in [2.75, 3.05) is 4.90 Å². The summed E-state index contributed by atoms with van der Waals surface area (Å²) in [6.07, 6.45) is 3.33. The van der Waals surface area contributed by atoms with E-state index in [1.54, 1.807) is 55.7 Å². The van der Waals surface area contributed by atoms with E-state index in [-0.39, 0.29) is 23.5 Å². The summed E-state index contributed by atoms with van der Waals surface area (Å²) in [7, 11) is 0. The van der Waals surface area contributed by atoms with Crippen LogP contribution in [0.2, 0.25) is 5.02 Å². The predicted octanol–water partition coefficient (Wildman–Crippen LogP) is 6.29. The second-order valence-corrected chi connectivity index (χ2v) is 8.69. The molecule has 9 heteroatoms. The molecule has 3 aromatic heterocycles. The molecule has 0 atom stereocenters. The van der Waals surface area contributed by atoms with Crippen LogP contribution in [0.25, 0.3) is 21.5 Å². The molecule has 0 bridgehead atoms. The van der Waals surface area contributed by atoms with Crippen molar-refractivity contribution >= 4 is 44.2 Å². The van der Waals surface area contributed by atoms with Crippen LogP contribution in [0.4, 0.5) is 9.52 Å². The number of benzene rings is 2. The van der Waals surface area contributed by atoms with E-state index in [9.17, 15) is 9.18 Å². The van der Waals surface area contributed by atoms with Gasteiger partial charge in [-0.15, -0.1) is 0 Å². The number of hydrogen-bond donors (Lipinski definition) is 0. The number of thiazole rings is 1. The van der Waals surface area contributed by atoms with Crippen LogP contribution in [0.3, 0.4) is 0 Å². The Kier molecular flexibility index (Phi) is 5.62. The first-order valence-electron chi connectivity index (χ1n) is 10.00. The molecule has 0 aliphatic rings. The fourth-order valence-electron chi connectivity index (χ4n) is 3.52. The lowest BCUT2D eigenvalue weighted by Gasteiger charge is -2.20. The summed E-state index contributed by atoms with van der Waals surface area (Å²) in [6.45, 7) is 1.85. The molecule has 0 fully saturated rings. The highest BCUT2D eigenvalue weighted by molar-refractivity contribution is 7.22. The van der Waals surface area contributed by atoms with Gasteiger partial charge in [-0.3, -0.25) is 14.7 Å². The number of amides is 1. The Labute approximate surface area is 197 Å². The molecule has 5 rings (SSSR count). The third kappa shape index (κ3) is 3.99. The Morgan fingerprint density at radius 2 is 2.00 bits per heavy atom. The summed E-state index contributed by atoms with van der Waals surface area (Å²) >= 11 is 7.61. The van der Waals surface area contributed by atoms with Gasteiger partial charge in [-0.2, -0.15) is 0 Å². The smallest absolute Gasteiger partial charge is 0.266 e. The molecule has 0 spiro atoms. The van der Waals surface area contributed by atoms with Gasteiger partial charge in [0.2, 0.25) is 0 Å². The van der Waals surface area contributed by atoms with Crippen LogP contribution in [0, 0.1) is 12.7 Å². The van der Waals surface area contributed by atoms with Gasteiger partial charge in [0.05, 0.1) is 16.3 Å². The maximum absolute atomic E-state index is 14.3. The quantitative estimate of drug-likeness (QED) is 0.296. The Bertz CT molecular complexity index is 1470. The lowest BCUT2D eigenvalue weighted by molar-refractivity contribution is 0.0984. The summed E-state index contributed by atoms with van der Waals surface area (Å²) in [5.74, 6) is -0.480. The lowest BCUT2D eigenvalue weighted by atomic mass is 10.0. The van der Waals surface area contributed by atoms with E-state index in [4.69, 9.17) is 16.1 Å². The Balaban J connectivity index is 1.64. The molecule has 0 saturated carbocycles. The molecule has 33 heavy (non-hydrogen) atoms. The Morgan fingerprint density at radius 1 is 1.15 bits per heavy atom. The molecule has 3 heterocycles. The van der Waals surface area contributed by atoms with Crippen LogP contribution in [-0.2, 0) is 6.54 Å². The number of carbonyl (C=O) groups is 1. The average molecular weight is 479 g/mol. The number of halogens is 2. The van der Waals surface area contributed by atoms with E-state index in [0.717, 1.165) is 5.56 Å². The van der Waals surface area contributed by atoms with Crippen molar-refractivity contribution in [3.8, 4) is 11.3 Å². The van der Waals surface area contributed by atoms with E-state index in [2.05, 4.69) is 15.1 Å². The number of aromatic nitrogens is 3. The molecule has 5 aromatic rings. The first kappa shape index (κ1) is 21.2. The van der Waals surface area contributed by atoms with Gasteiger partial charge >= 0.3 is 0 Å². The number of fused-ring (bicyclic) bond motifs is 1. The van der Waals surface area contributed by atoms with E-state index >= 15 is 0 Å². The molecular formula is C24H16ClFN4O2S. The van der Waals surface area contributed by atoms with Crippen molar-refractivity contribution in [2.24, 2.45) is 0 Å². The van der Waals surface area contributed by atoms with Crippen molar-refractivity contribution in [3.63, 3.8) is 0 Å². The summed E-state index contributed by atoms with van der Waals surface area (Å²) in [5.41, 5.74) is 2.20. The van der Waals surface area contributed by atoms with Gasteiger partial charge in [0.15, 0.2) is 5.13 Å². The number of aryl methyl sites for hydroxylation is 1. The zero-order valence-electron chi connectivity index (χ0n) is 17.3.